The molecule has 0 spiro atoms. The zero-order chi connectivity index (χ0) is 20.7. The highest BCUT2D eigenvalue weighted by Crippen LogP contribution is 2.39. The van der Waals surface area contributed by atoms with E-state index < -0.39 is 0 Å². The average Bonchev–Trinajstić information content (AvgIpc) is 3.16. The van der Waals surface area contributed by atoms with Crippen molar-refractivity contribution in [1.29, 1.82) is 0 Å². The van der Waals surface area contributed by atoms with Crippen molar-refractivity contribution in [3.05, 3.63) is 96.3 Å². The standard InChI is InChI=1S/C26H17ClN2S/c1-3-16-9-8-13-20(19(16)4-2)17-10-7-11-18(15-17)24-23-21-12-5-6-14-22(21)30-25(23)29-26(27)28-24/h3-15H,1-2H2. The average molecular weight is 425 g/mol. The molecule has 0 radical (unpaired) electrons. The molecule has 0 amide bonds. The predicted octanol–water partition coefficient (Wildman–Crippen LogP) is 8.12. The van der Waals surface area contributed by atoms with Gasteiger partial charge in [-0.3, -0.25) is 0 Å². The monoisotopic (exact) mass is 424 g/mol. The lowest BCUT2D eigenvalue weighted by Crippen LogP contribution is -1.91. The van der Waals surface area contributed by atoms with Gasteiger partial charge in [0.1, 0.15) is 4.83 Å². The van der Waals surface area contributed by atoms with E-state index in [-0.39, 0.29) is 5.28 Å². The summed E-state index contributed by atoms with van der Waals surface area (Å²) in [6, 6.07) is 22.9. The molecule has 0 aliphatic heterocycles. The number of hydrogen-bond donors (Lipinski definition) is 0. The van der Waals surface area contributed by atoms with Crippen LogP contribution >= 0.6 is 22.9 Å². The van der Waals surface area contributed by atoms with Gasteiger partial charge >= 0.3 is 0 Å². The van der Waals surface area contributed by atoms with Crippen molar-refractivity contribution in [2.75, 3.05) is 0 Å². The Labute approximate surface area is 183 Å². The molecule has 0 N–H and O–H groups in total. The number of rotatable bonds is 4. The molecule has 0 saturated carbocycles. The van der Waals surface area contributed by atoms with E-state index in [1.807, 2.05) is 36.4 Å². The van der Waals surface area contributed by atoms with Crippen LogP contribution in [0.25, 0.3) is 54.8 Å². The number of fused-ring (bicyclic) bond motifs is 3. The minimum atomic E-state index is 0.259. The fourth-order valence-corrected chi connectivity index (χ4v) is 5.18. The van der Waals surface area contributed by atoms with Gasteiger partial charge in [0, 0.05) is 21.0 Å². The van der Waals surface area contributed by atoms with Gasteiger partial charge in [-0.2, -0.15) is 0 Å². The maximum atomic E-state index is 6.31. The summed E-state index contributed by atoms with van der Waals surface area (Å²) in [5.41, 5.74) is 6.18. The van der Waals surface area contributed by atoms with Gasteiger partial charge in [-0.1, -0.05) is 79.9 Å². The molecule has 3 aromatic carbocycles. The summed E-state index contributed by atoms with van der Waals surface area (Å²) in [4.78, 5) is 10.0. The Bertz CT molecular complexity index is 1450. The Hall–Kier alpha value is -3.27. The van der Waals surface area contributed by atoms with Gasteiger partial charge in [0.15, 0.2) is 0 Å². The van der Waals surface area contributed by atoms with Crippen LogP contribution in [0.1, 0.15) is 11.1 Å². The highest BCUT2D eigenvalue weighted by molar-refractivity contribution is 7.25. The molecule has 0 aliphatic rings. The first-order valence-corrected chi connectivity index (χ1v) is 10.7. The lowest BCUT2D eigenvalue weighted by molar-refractivity contribution is 1.24. The van der Waals surface area contributed by atoms with Gasteiger partial charge in [-0.25, -0.2) is 9.97 Å². The molecule has 0 fully saturated rings. The third-order valence-electron chi connectivity index (χ3n) is 5.22. The van der Waals surface area contributed by atoms with Crippen LogP contribution < -0.4 is 0 Å². The second-order valence-electron chi connectivity index (χ2n) is 6.92. The van der Waals surface area contributed by atoms with Gasteiger partial charge in [0.25, 0.3) is 0 Å². The third kappa shape index (κ3) is 3.04. The lowest BCUT2D eigenvalue weighted by atomic mass is 9.93. The van der Waals surface area contributed by atoms with E-state index in [4.69, 9.17) is 11.6 Å². The highest BCUT2D eigenvalue weighted by atomic mass is 35.5. The molecule has 0 unspecified atom stereocenters. The second kappa shape index (κ2) is 7.52. The molecule has 0 aliphatic carbocycles. The molecule has 30 heavy (non-hydrogen) atoms. The largest absolute Gasteiger partial charge is 0.224 e. The van der Waals surface area contributed by atoms with E-state index in [0.717, 1.165) is 49.1 Å². The fraction of sp³-hybridized carbons (Fsp3) is 0. The first-order valence-electron chi connectivity index (χ1n) is 9.53. The number of hydrogen-bond acceptors (Lipinski definition) is 3. The van der Waals surface area contributed by atoms with Crippen molar-refractivity contribution in [1.82, 2.24) is 9.97 Å². The summed E-state index contributed by atoms with van der Waals surface area (Å²) in [6.07, 6.45) is 3.74. The van der Waals surface area contributed by atoms with Crippen LogP contribution in [0.4, 0.5) is 0 Å². The Balaban J connectivity index is 1.77. The maximum Gasteiger partial charge on any atom is 0.224 e. The summed E-state index contributed by atoms with van der Waals surface area (Å²) < 4.78 is 1.18. The molecule has 2 heterocycles. The zero-order valence-electron chi connectivity index (χ0n) is 16.1. The van der Waals surface area contributed by atoms with Gasteiger partial charge in [-0.15, -0.1) is 11.3 Å². The van der Waals surface area contributed by atoms with Gasteiger partial charge in [-0.05, 0) is 46.0 Å². The molecule has 2 aromatic heterocycles. The number of aromatic nitrogens is 2. The topological polar surface area (TPSA) is 25.8 Å². The smallest absolute Gasteiger partial charge is 0.217 e. The molecule has 2 nitrogen and oxygen atoms in total. The Kier molecular flexibility index (Phi) is 4.70. The molecular formula is C26H17ClN2S. The molecular weight excluding hydrogens is 408 g/mol. The van der Waals surface area contributed by atoms with Crippen molar-refractivity contribution in [3.63, 3.8) is 0 Å². The van der Waals surface area contributed by atoms with Crippen LogP contribution in [0.2, 0.25) is 5.28 Å². The van der Waals surface area contributed by atoms with E-state index >= 15 is 0 Å². The number of halogens is 1. The molecule has 5 rings (SSSR count). The van der Waals surface area contributed by atoms with Crippen LogP contribution in [-0.2, 0) is 0 Å². The number of benzene rings is 3. The number of nitrogens with zero attached hydrogens (tertiary/aromatic N) is 2. The van der Waals surface area contributed by atoms with Crippen LogP contribution in [-0.4, -0.2) is 9.97 Å². The highest BCUT2D eigenvalue weighted by Gasteiger charge is 2.16. The zero-order valence-corrected chi connectivity index (χ0v) is 17.7. The Morgan fingerprint density at radius 1 is 0.833 bits per heavy atom. The molecule has 0 bridgehead atoms. The molecule has 144 valence electrons. The molecule has 0 saturated heterocycles. The minimum absolute atomic E-state index is 0.259. The summed E-state index contributed by atoms with van der Waals surface area (Å²) in [7, 11) is 0. The van der Waals surface area contributed by atoms with Crippen LogP contribution in [0, 0.1) is 0 Å². The fourth-order valence-electron chi connectivity index (χ4n) is 3.88. The van der Waals surface area contributed by atoms with Crippen molar-refractivity contribution in [2.24, 2.45) is 0 Å². The SMILES string of the molecule is C=Cc1cccc(-c2cccc(-c3nc(Cl)nc4sc5ccccc5c34)c2)c1C=C. The van der Waals surface area contributed by atoms with Crippen LogP contribution in [0.3, 0.4) is 0 Å². The molecule has 0 atom stereocenters. The Morgan fingerprint density at radius 3 is 2.47 bits per heavy atom. The number of thiophene rings is 1. The lowest BCUT2D eigenvalue weighted by Gasteiger charge is -2.12. The van der Waals surface area contributed by atoms with Crippen molar-refractivity contribution in [2.45, 2.75) is 0 Å². The van der Waals surface area contributed by atoms with Crippen LogP contribution in [0.15, 0.2) is 79.9 Å². The first-order chi connectivity index (χ1) is 14.7. The van der Waals surface area contributed by atoms with Crippen LogP contribution in [0.5, 0.6) is 0 Å². The minimum Gasteiger partial charge on any atom is -0.217 e. The quantitative estimate of drug-likeness (QED) is 0.272. The van der Waals surface area contributed by atoms with E-state index in [2.05, 4.69) is 65.6 Å². The van der Waals surface area contributed by atoms with E-state index in [1.165, 1.54) is 4.70 Å². The third-order valence-corrected chi connectivity index (χ3v) is 6.46. The van der Waals surface area contributed by atoms with E-state index in [9.17, 15) is 0 Å². The first kappa shape index (κ1) is 18.7. The maximum absolute atomic E-state index is 6.31. The molecule has 4 heteroatoms. The summed E-state index contributed by atoms with van der Waals surface area (Å²) in [5.74, 6) is 0. The van der Waals surface area contributed by atoms with Gasteiger partial charge < -0.3 is 0 Å². The van der Waals surface area contributed by atoms with Crippen molar-refractivity contribution < 1.29 is 0 Å². The summed E-state index contributed by atoms with van der Waals surface area (Å²) in [5, 5.41) is 2.45. The van der Waals surface area contributed by atoms with Gasteiger partial charge in [0.2, 0.25) is 5.28 Å². The van der Waals surface area contributed by atoms with Crippen molar-refractivity contribution in [3.8, 4) is 22.4 Å². The van der Waals surface area contributed by atoms with E-state index in [0.29, 0.717) is 0 Å². The summed E-state index contributed by atoms with van der Waals surface area (Å²) >= 11 is 7.94. The Morgan fingerprint density at radius 2 is 1.63 bits per heavy atom. The molecule has 5 aromatic rings. The van der Waals surface area contributed by atoms with E-state index in [1.54, 1.807) is 11.3 Å². The van der Waals surface area contributed by atoms with Gasteiger partial charge in [0.05, 0.1) is 5.69 Å². The normalized spacial score (nSPS) is 11.1. The summed E-state index contributed by atoms with van der Waals surface area (Å²) in [6.45, 7) is 7.93. The van der Waals surface area contributed by atoms with Crippen molar-refractivity contribution >= 4 is 55.4 Å². The second-order valence-corrected chi connectivity index (χ2v) is 8.29. The predicted molar refractivity (Wildman–Crippen MR) is 131 cm³/mol.